The van der Waals surface area contributed by atoms with Crippen molar-refractivity contribution < 1.29 is 13.9 Å². The molecule has 0 radical (unpaired) electrons. The zero-order chi connectivity index (χ0) is 18.8. The summed E-state index contributed by atoms with van der Waals surface area (Å²) in [5.41, 5.74) is 2.54. The maximum Gasteiger partial charge on any atom is 0.287 e. The van der Waals surface area contributed by atoms with Crippen LogP contribution in [0.4, 0.5) is 0 Å². The molecule has 27 heavy (non-hydrogen) atoms. The second-order valence-electron chi connectivity index (χ2n) is 6.60. The fraction of sp³-hybridized carbons (Fsp3) is 0.174. The highest BCUT2D eigenvalue weighted by Crippen LogP contribution is 2.28. The molecule has 1 unspecified atom stereocenters. The molecule has 0 saturated heterocycles. The van der Waals surface area contributed by atoms with Gasteiger partial charge in [0.1, 0.15) is 5.58 Å². The molecule has 1 atom stereocenters. The van der Waals surface area contributed by atoms with Crippen LogP contribution in [-0.4, -0.2) is 13.0 Å². The second-order valence-corrected chi connectivity index (χ2v) is 6.60. The number of para-hydroxylation sites is 1. The number of carbonyl (C=O) groups excluding carboxylic acids is 1. The lowest BCUT2D eigenvalue weighted by molar-refractivity contribution is 0.0907. The van der Waals surface area contributed by atoms with Crippen molar-refractivity contribution in [3.05, 3.63) is 83.6 Å². The number of hydrogen-bond donors (Lipinski definition) is 1. The molecule has 0 fully saturated rings. The van der Waals surface area contributed by atoms with E-state index in [-0.39, 0.29) is 11.9 Å². The molecule has 1 aromatic heterocycles. The summed E-state index contributed by atoms with van der Waals surface area (Å²) in [6.07, 6.45) is 0. The predicted molar refractivity (Wildman–Crippen MR) is 107 cm³/mol. The molecule has 136 valence electrons. The van der Waals surface area contributed by atoms with Crippen LogP contribution in [0.15, 0.2) is 71.1 Å². The van der Waals surface area contributed by atoms with Gasteiger partial charge in [0.15, 0.2) is 5.76 Å². The van der Waals surface area contributed by atoms with Gasteiger partial charge in [-0.3, -0.25) is 4.79 Å². The normalized spacial score (nSPS) is 12.4. The molecule has 0 saturated carbocycles. The maximum absolute atomic E-state index is 13.0. The first-order chi connectivity index (χ1) is 13.2. The Labute approximate surface area is 157 Å². The first-order valence-corrected chi connectivity index (χ1v) is 8.97. The van der Waals surface area contributed by atoms with E-state index in [9.17, 15) is 4.79 Å². The lowest BCUT2D eigenvalue weighted by Crippen LogP contribution is -2.27. The van der Waals surface area contributed by atoms with Crippen molar-refractivity contribution in [1.29, 1.82) is 0 Å². The van der Waals surface area contributed by atoms with Crippen molar-refractivity contribution in [3.63, 3.8) is 0 Å². The fourth-order valence-electron chi connectivity index (χ4n) is 3.54. The van der Waals surface area contributed by atoms with Gasteiger partial charge in [0.2, 0.25) is 0 Å². The lowest BCUT2D eigenvalue weighted by Gasteiger charge is -2.16. The number of hydrogen-bond acceptors (Lipinski definition) is 3. The van der Waals surface area contributed by atoms with Crippen LogP contribution in [0, 0.1) is 0 Å². The summed E-state index contributed by atoms with van der Waals surface area (Å²) in [6.45, 7) is 2.31. The Morgan fingerprint density at radius 1 is 1.00 bits per heavy atom. The van der Waals surface area contributed by atoms with Crippen molar-refractivity contribution in [3.8, 4) is 0 Å². The average molecular weight is 359 g/mol. The van der Waals surface area contributed by atoms with E-state index in [1.165, 1.54) is 0 Å². The number of ether oxygens (including phenoxy) is 1. The topological polar surface area (TPSA) is 51.5 Å². The van der Waals surface area contributed by atoms with Gasteiger partial charge in [-0.25, -0.2) is 0 Å². The van der Waals surface area contributed by atoms with Crippen LogP contribution in [0.3, 0.4) is 0 Å². The molecule has 0 aliphatic heterocycles. The van der Waals surface area contributed by atoms with Crippen molar-refractivity contribution in [2.24, 2.45) is 0 Å². The molecule has 1 heterocycles. The van der Waals surface area contributed by atoms with E-state index in [0.717, 1.165) is 27.3 Å². The Morgan fingerprint density at radius 3 is 2.52 bits per heavy atom. The summed E-state index contributed by atoms with van der Waals surface area (Å²) in [4.78, 5) is 13.0. The zero-order valence-corrected chi connectivity index (χ0v) is 15.4. The highest BCUT2D eigenvalue weighted by atomic mass is 16.5. The Morgan fingerprint density at radius 2 is 1.70 bits per heavy atom. The smallest absolute Gasteiger partial charge is 0.287 e. The highest BCUT2D eigenvalue weighted by Gasteiger charge is 2.22. The molecule has 0 aliphatic rings. The second kappa shape index (κ2) is 7.25. The highest BCUT2D eigenvalue weighted by molar-refractivity contribution is 5.99. The summed E-state index contributed by atoms with van der Waals surface area (Å²) >= 11 is 0. The van der Waals surface area contributed by atoms with Crippen LogP contribution in [0.5, 0.6) is 0 Å². The molecular weight excluding hydrogens is 338 g/mol. The number of fused-ring (bicyclic) bond motifs is 2. The number of rotatable bonds is 5. The van der Waals surface area contributed by atoms with Gasteiger partial charge in [0, 0.05) is 18.1 Å². The standard InChI is InChI=1S/C23H21NO3/c1-15(17-12-7-9-16-8-3-4-10-18(16)17)24-23(25)22-20(14-26-2)19-11-5-6-13-21(19)27-22/h3-13,15H,14H2,1-2H3,(H,24,25). The zero-order valence-electron chi connectivity index (χ0n) is 15.4. The summed E-state index contributed by atoms with van der Waals surface area (Å²) in [5, 5.41) is 6.27. The number of benzene rings is 3. The molecule has 4 heteroatoms. The van der Waals surface area contributed by atoms with Crippen molar-refractivity contribution in [2.45, 2.75) is 19.6 Å². The number of carbonyl (C=O) groups is 1. The molecule has 0 bridgehead atoms. The fourth-order valence-corrected chi connectivity index (χ4v) is 3.54. The largest absolute Gasteiger partial charge is 0.451 e. The van der Waals surface area contributed by atoms with E-state index in [0.29, 0.717) is 18.0 Å². The minimum atomic E-state index is -0.237. The van der Waals surface area contributed by atoms with E-state index in [1.54, 1.807) is 7.11 Å². The summed E-state index contributed by atoms with van der Waals surface area (Å²) < 4.78 is 11.1. The summed E-state index contributed by atoms with van der Waals surface area (Å²) in [5.74, 6) is 0.0730. The lowest BCUT2D eigenvalue weighted by atomic mass is 9.99. The molecule has 3 aromatic carbocycles. The van der Waals surface area contributed by atoms with Crippen molar-refractivity contribution in [2.75, 3.05) is 7.11 Å². The van der Waals surface area contributed by atoms with Crippen LogP contribution in [0.1, 0.15) is 34.6 Å². The average Bonchev–Trinajstić information content (AvgIpc) is 3.06. The van der Waals surface area contributed by atoms with Gasteiger partial charge in [-0.05, 0) is 29.3 Å². The van der Waals surface area contributed by atoms with Crippen LogP contribution < -0.4 is 5.32 Å². The van der Waals surface area contributed by atoms with E-state index >= 15 is 0 Å². The summed E-state index contributed by atoms with van der Waals surface area (Å²) in [7, 11) is 1.61. The number of furan rings is 1. The minimum Gasteiger partial charge on any atom is -0.451 e. The van der Waals surface area contributed by atoms with Crippen LogP contribution in [0.2, 0.25) is 0 Å². The van der Waals surface area contributed by atoms with Gasteiger partial charge < -0.3 is 14.5 Å². The molecule has 4 rings (SSSR count). The van der Waals surface area contributed by atoms with Crippen LogP contribution >= 0.6 is 0 Å². The Bertz CT molecular complexity index is 1110. The van der Waals surface area contributed by atoms with Gasteiger partial charge >= 0.3 is 0 Å². The predicted octanol–water partition coefficient (Wildman–Crippen LogP) is 5.22. The quantitative estimate of drug-likeness (QED) is 0.531. The minimum absolute atomic E-state index is 0.160. The monoisotopic (exact) mass is 359 g/mol. The first kappa shape index (κ1) is 17.3. The number of nitrogens with one attached hydrogen (secondary N) is 1. The van der Waals surface area contributed by atoms with E-state index in [2.05, 4.69) is 23.5 Å². The van der Waals surface area contributed by atoms with E-state index in [1.807, 2.05) is 55.5 Å². The molecule has 4 aromatic rings. The Kier molecular flexibility index (Phi) is 4.65. The first-order valence-electron chi connectivity index (χ1n) is 8.97. The maximum atomic E-state index is 13.0. The third kappa shape index (κ3) is 3.20. The molecule has 1 amide bonds. The number of methoxy groups -OCH3 is 1. The van der Waals surface area contributed by atoms with Crippen LogP contribution in [0.25, 0.3) is 21.7 Å². The van der Waals surface area contributed by atoms with Gasteiger partial charge in [0.25, 0.3) is 5.91 Å². The molecule has 4 nitrogen and oxygen atoms in total. The summed E-state index contributed by atoms with van der Waals surface area (Å²) in [6, 6.07) is 21.8. The molecular formula is C23H21NO3. The van der Waals surface area contributed by atoms with Crippen molar-refractivity contribution >= 4 is 27.6 Å². The Hall–Kier alpha value is -3.11. The third-order valence-corrected chi connectivity index (χ3v) is 4.83. The molecule has 1 N–H and O–H groups in total. The Balaban J connectivity index is 1.67. The van der Waals surface area contributed by atoms with Gasteiger partial charge in [-0.2, -0.15) is 0 Å². The van der Waals surface area contributed by atoms with Crippen LogP contribution in [-0.2, 0) is 11.3 Å². The van der Waals surface area contributed by atoms with E-state index < -0.39 is 0 Å². The molecule has 0 spiro atoms. The SMILES string of the molecule is COCc1c(C(=O)NC(C)c2cccc3ccccc23)oc2ccccc12. The van der Waals surface area contributed by atoms with Gasteiger partial charge in [-0.1, -0.05) is 60.7 Å². The molecule has 0 aliphatic carbocycles. The van der Waals surface area contributed by atoms with Crippen molar-refractivity contribution in [1.82, 2.24) is 5.32 Å². The third-order valence-electron chi connectivity index (χ3n) is 4.83. The van der Waals surface area contributed by atoms with Gasteiger partial charge in [-0.15, -0.1) is 0 Å². The van der Waals surface area contributed by atoms with E-state index in [4.69, 9.17) is 9.15 Å². The number of amides is 1. The van der Waals surface area contributed by atoms with Gasteiger partial charge in [0.05, 0.1) is 12.6 Å².